The molecule has 0 N–H and O–H groups in total. The van der Waals surface area contributed by atoms with E-state index < -0.39 is 0 Å². The minimum atomic E-state index is 0. The summed E-state index contributed by atoms with van der Waals surface area (Å²) in [6.45, 7) is 26.8. The minimum absolute atomic E-state index is 0. The van der Waals surface area contributed by atoms with Gasteiger partial charge in [0.1, 0.15) is 22.3 Å². The average Bonchev–Trinajstić information content (AvgIpc) is 1.60. The van der Waals surface area contributed by atoms with Gasteiger partial charge in [-0.3, -0.25) is 0 Å². The number of hydrogen-bond donors (Lipinski definition) is 0. The van der Waals surface area contributed by atoms with Crippen molar-refractivity contribution in [2.45, 2.75) is 90.0 Å². The molecule has 0 spiro atoms. The zero-order valence-corrected chi connectivity index (χ0v) is 89.7. The van der Waals surface area contributed by atoms with Gasteiger partial charge in [-0.1, -0.05) is 234 Å². The maximum atomic E-state index is 6.12. The largest absolute Gasteiger partial charge is 0.501 e. The molecule has 141 heavy (non-hydrogen) atoms. The Morgan fingerprint density at radius 1 is 0.206 bits per heavy atom. The Hall–Kier alpha value is -14.4. The molecule has 0 atom stereocenters. The molecule has 4 radical (unpaired) electrons. The van der Waals surface area contributed by atoms with E-state index in [0.717, 1.165) is 189 Å². The molecule has 24 rings (SSSR count). The average molecular weight is 2550 g/mol. The van der Waals surface area contributed by atoms with Crippen LogP contribution in [0, 0.1) is 139 Å². The molecule has 0 aliphatic rings. The van der Waals surface area contributed by atoms with Gasteiger partial charge in [-0.05, 0) is 184 Å². The molecule has 706 valence electrons. The van der Waals surface area contributed by atoms with Crippen LogP contribution < -0.4 is 0 Å². The van der Waals surface area contributed by atoms with E-state index in [1.54, 1.807) is 12.4 Å². The smallest absolute Gasteiger partial charge is 0.121 e. The first-order valence-electron chi connectivity index (χ1n) is 45.4. The van der Waals surface area contributed by atoms with Gasteiger partial charge in [0.05, 0.1) is 22.3 Å². The Kier molecular flexibility index (Phi) is 36.1. The predicted molar refractivity (Wildman–Crippen MR) is 559 cm³/mol. The van der Waals surface area contributed by atoms with Crippen molar-refractivity contribution >= 4 is 87.8 Å². The zero-order chi connectivity index (χ0) is 94.8. The summed E-state index contributed by atoms with van der Waals surface area (Å²) in [6.07, 6.45) is 14.6. The number of pyridine rings is 8. The maximum absolute atomic E-state index is 6.12. The quantitative estimate of drug-likeness (QED) is 0.133. The van der Waals surface area contributed by atoms with Crippen LogP contribution in [0.1, 0.15) is 72.3 Å². The van der Waals surface area contributed by atoms with Crippen LogP contribution in [0.5, 0.6) is 0 Å². The topological polar surface area (TPSA) is 156 Å². The summed E-state index contributed by atoms with van der Waals surface area (Å²) in [5.41, 5.74) is 38.0. The number of aromatic nitrogens is 8. The Bertz CT molecular complexity index is 8230. The van der Waals surface area contributed by atoms with Gasteiger partial charge < -0.3 is 57.5 Å². The Morgan fingerprint density at radius 2 is 0.567 bits per heavy atom. The van der Waals surface area contributed by atoms with Gasteiger partial charge in [0, 0.05) is 152 Å². The van der Waals surface area contributed by atoms with Crippen molar-refractivity contribution < 1.29 is 98.1 Å². The summed E-state index contributed by atoms with van der Waals surface area (Å²) >= 11 is 0. The number of rotatable bonds is 8. The van der Waals surface area contributed by atoms with E-state index in [-0.39, 0.29) is 80.4 Å². The molecule has 0 aliphatic carbocycles. The number of furan rings is 4. The van der Waals surface area contributed by atoms with E-state index in [1.807, 2.05) is 239 Å². The molecule has 0 amide bonds. The van der Waals surface area contributed by atoms with E-state index in [1.165, 1.54) is 61.2 Å². The first-order chi connectivity index (χ1) is 66.7. The van der Waals surface area contributed by atoms with Crippen LogP contribution in [0.2, 0.25) is 0 Å². The molecule has 0 saturated heterocycles. The number of para-hydroxylation sites is 2. The Labute approximate surface area is 877 Å². The van der Waals surface area contributed by atoms with E-state index in [0.29, 0.717) is 0 Å². The van der Waals surface area contributed by atoms with Gasteiger partial charge in [-0.25, -0.2) is 0 Å². The van der Waals surface area contributed by atoms with Crippen LogP contribution in [0.4, 0.5) is 0 Å². The Morgan fingerprint density at radius 3 is 1.04 bits per heavy atom. The van der Waals surface area contributed by atoms with Crippen molar-refractivity contribution in [1.29, 1.82) is 0 Å². The maximum Gasteiger partial charge on any atom is 0.121 e. The third-order valence-electron chi connectivity index (χ3n) is 22.9. The number of fused-ring (bicyclic) bond motifs is 12. The summed E-state index contributed by atoms with van der Waals surface area (Å²) in [5, 5.41) is 9.01. The fourth-order valence-electron chi connectivity index (χ4n) is 15.8. The third kappa shape index (κ3) is 25.8. The van der Waals surface area contributed by atoms with Crippen molar-refractivity contribution in [2.24, 2.45) is 0 Å². The van der Waals surface area contributed by atoms with Crippen molar-refractivity contribution in [1.82, 2.24) is 39.9 Å². The monoisotopic (exact) mass is 2550 g/mol. The van der Waals surface area contributed by atoms with Gasteiger partial charge in [0.2, 0.25) is 0 Å². The van der Waals surface area contributed by atoms with Gasteiger partial charge in [0.25, 0.3) is 0 Å². The fourth-order valence-corrected chi connectivity index (χ4v) is 15.8. The van der Waals surface area contributed by atoms with E-state index in [2.05, 4.69) is 286 Å². The number of aryl methyl sites for hydroxylation is 13. The summed E-state index contributed by atoms with van der Waals surface area (Å²) in [4.78, 5) is 35.1. The van der Waals surface area contributed by atoms with Crippen molar-refractivity contribution in [2.75, 3.05) is 0 Å². The van der Waals surface area contributed by atoms with Crippen LogP contribution >= 0.6 is 0 Å². The molecule has 0 unspecified atom stereocenters. The van der Waals surface area contributed by atoms with Crippen molar-refractivity contribution in [3.8, 4) is 90.1 Å². The number of hydrogen-bond acceptors (Lipinski definition) is 12. The molecular weight excluding hydrogens is 2450 g/mol. The normalized spacial score (nSPS) is 10.5. The van der Waals surface area contributed by atoms with Gasteiger partial charge in [0.15, 0.2) is 0 Å². The molecule has 0 fully saturated rings. The van der Waals surface area contributed by atoms with Crippen LogP contribution in [0.3, 0.4) is 0 Å². The molecule has 0 aliphatic heterocycles. The van der Waals surface area contributed by atoms with E-state index in [9.17, 15) is 0 Å². The van der Waals surface area contributed by atoms with Crippen molar-refractivity contribution in [3.05, 3.63) is 480 Å². The third-order valence-corrected chi connectivity index (χ3v) is 22.9. The van der Waals surface area contributed by atoms with Gasteiger partial charge in [-0.15, -0.1) is 214 Å². The predicted octanol–water partition coefficient (Wildman–Crippen LogP) is 32.0. The van der Waals surface area contributed by atoms with Gasteiger partial charge in [-0.2, -0.15) is 0 Å². The second-order valence-electron chi connectivity index (χ2n) is 34.1. The second-order valence-corrected chi connectivity index (χ2v) is 34.1. The SMILES string of the molecule is Cc1[c-]c(-c2cc(C)ccn2)c2oc3ccc(C)cc3c2c1.Cc1c[c-]c(-c2cc(C)ccn2)cc1.Cc1c[c-]c(-c2ccc(C)cn2)cc1.Cc1c[c-]c(-c2ccccn2)cc1.Cc1c[c-]c(-c2ncccc2C)cc1.Cc1ccc(-c2[c-]ccc3c2oc2ccccc23)nc1.Cc1ccc2c(c1)oc1c(-c3ccccn3)[c-]ccc12.Cc1ccnc(-c2[c-]ccc3c2oc2ccccc23)c1.[Ir].[Ir].[Ir].[Ir]. The first kappa shape index (κ1) is 104. The molecule has 12 nitrogen and oxygen atoms in total. The summed E-state index contributed by atoms with van der Waals surface area (Å²) in [7, 11) is 0. The second kappa shape index (κ2) is 49.0. The number of benzene rings is 12. The molecular formula is C125H98Ir4N8O4-8. The van der Waals surface area contributed by atoms with Crippen molar-refractivity contribution in [3.63, 3.8) is 0 Å². The van der Waals surface area contributed by atoms with Crippen LogP contribution in [-0.2, 0) is 80.4 Å². The zero-order valence-electron chi connectivity index (χ0n) is 80.1. The fraction of sp³-hybridized carbons (Fsp3) is 0.104. The van der Waals surface area contributed by atoms with E-state index >= 15 is 0 Å². The van der Waals surface area contributed by atoms with Crippen LogP contribution in [-0.4, -0.2) is 39.9 Å². The molecule has 0 bridgehead atoms. The Balaban J connectivity index is 0.000000136. The molecule has 24 aromatic rings. The molecule has 16 heteroatoms. The first-order valence-corrected chi connectivity index (χ1v) is 45.4. The molecule has 12 aromatic heterocycles. The number of nitrogens with zero attached hydrogens (tertiary/aromatic N) is 8. The van der Waals surface area contributed by atoms with Crippen LogP contribution in [0.15, 0.2) is 377 Å². The summed E-state index contributed by atoms with van der Waals surface area (Å²) in [5.74, 6) is 0. The van der Waals surface area contributed by atoms with Crippen LogP contribution in [0.25, 0.3) is 178 Å². The standard InChI is InChI=1S/C20H16NO.3C18H12NO.3C13H12N.C12H10N.4Ir/c1-12-4-5-19-15(8-12)16-9-14(3)10-17(20(16)22-19)18-11-13(2)6-7-21-18;1-12-8-9-13-14-5-4-6-15(16-7-2-3-10-19-16)18(14)20-17(13)11-12;1-12-9-10-19-16(11-12)15-7-4-6-14-13-5-2-3-8-17(13)20-18(14)15;1-12-9-10-16(19-11-12)15-7-4-6-14-13-5-2-3-8-17(13)20-18(14)15;1-10-3-6-12(7-4-10)13-8-5-11(2)9-14-13;1-10-3-5-12(6-4-10)13-9-11(2)7-8-14-13;1-10-5-7-12(8-6-10)13-11(2)4-3-9-14-13;1-10-5-7-11(8-6-10)12-4-2-3-9-13-12;;;;/h4-9,11H,1-3H3;2-5,7-11H,1H3;2*2-6,8-11H,1H3;3-6,8-9H,1-2H3;3-5,7-9H,1-2H3;3-7,9H,1-2H3;2-7,9H,1H3;;;;/q8*-1;;;;. The minimum Gasteiger partial charge on any atom is -0.501 e. The molecule has 12 aromatic carbocycles. The molecule has 0 saturated carbocycles. The van der Waals surface area contributed by atoms with E-state index in [4.69, 9.17) is 17.7 Å². The van der Waals surface area contributed by atoms with Gasteiger partial charge >= 0.3 is 0 Å². The summed E-state index contributed by atoms with van der Waals surface area (Å²) in [6, 6.07) is 129. The molecule has 12 heterocycles. The summed E-state index contributed by atoms with van der Waals surface area (Å²) < 4.78 is 24.2.